The Bertz CT molecular complexity index is 957. The minimum absolute atomic E-state index is 0.170. The zero-order valence-electron chi connectivity index (χ0n) is 18.0. The Morgan fingerprint density at radius 1 is 1.17 bits per heavy atom. The van der Waals surface area contributed by atoms with Crippen molar-refractivity contribution >= 4 is 12.0 Å². The van der Waals surface area contributed by atoms with Crippen molar-refractivity contribution in [2.75, 3.05) is 13.1 Å². The third-order valence-electron chi connectivity index (χ3n) is 6.70. The Hall–Kier alpha value is -2.81. The largest absolute Gasteiger partial charge is 0.346 e. The summed E-state index contributed by atoms with van der Waals surface area (Å²) in [6.07, 6.45) is 13.7. The van der Waals surface area contributed by atoms with Crippen molar-refractivity contribution < 1.29 is 4.79 Å². The van der Waals surface area contributed by atoms with Gasteiger partial charge in [-0.1, -0.05) is 19.3 Å². The van der Waals surface area contributed by atoms with Gasteiger partial charge in [0.2, 0.25) is 0 Å². The van der Waals surface area contributed by atoms with Crippen LogP contribution in [0.4, 0.5) is 0 Å². The molecule has 0 N–H and O–H groups in total. The summed E-state index contributed by atoms with van der Waals surface area (Å²) in [6, 6.07) is 6.92. The van der Waals surface area contributed by atoms with Crippen LogP contribution in [0.3, 0.4) is 0 Å². The van der Waals surface area contributed by atoms with Crippen molar-refractivity contribution in [1.29, 1.82) is 5.26 Å². The van der Waals surface area contributed by atoms with Gasteiger partial charge in [-0.25, -0.2) is 0 Å². The van der Waals surface area contributed by atoms with Crippen molar-refractivity contribution in [3.8, 4) is 6.07 Å². The zero-order chi connectivity index (χ0) is 21.1. The predicted octanol–water partition coefficient (Wildman–Crippen LogP) is 4.58. The third kappa shape index (κ3) is 4.07. The fourth-order valence-electron chi connectivity index (χ4n) is 5.17. The molecule has 6 nitrogen and oxygen atoms in total. The Kier molecular flexibility index (Phi) is 6.08. The number of amides is 1. The van der Waals surface area contributed by atoms with E-state index in [-0.39, 0.29) is 17.5 Å². The summed E-state index contributed by atoms with van der Waals surface area (Å²) in [5.41, 5.74) is 3.59. The second-order valence-corrected chi connectivity index (χ2v) is 8.69. The molecule has 3 heterocycles. The molecule has 0 radical (unpaired) electrons. The lowest BCUT2D eigenvalue weighted by Gasteiger charge is -2.32. The first-order valence-electron chi connectivity index (χ1n) is 11.2. The van der Waals surface area contributed by atoms with Crippen molar-refractivity contribution in [3.63, 3.8) is 0 Å². The first-order valence-corrected chi connectivity index (χ1v) is 11.2. The maximum Gasteiger partial charge on any atom is 0.264 e. The standard InChI is InChI=1S/C24H31N5O/c1-18-14-20(19(2)29(18)22-8-4-3-5-9-22)15-21(16-25)24(30)27-12-6-10-23(17-27)28-13-7-11-26-28/h7,11,13-15,22-23H,3-6,8-10,12,17H2,1-2H3/b21-15-. The van der Waals surface area contributed by atoms with Gasteiger partial charge < -0.3 is 9.47 Å². The van der Waals surface area contributed by atoms with Gasteiger partial charge in [-0.2, -0.15) is 10.4 Å². The van der Waals surface area contributed by atoms with E-state index in [1.54, 1.807) is 12.3 Å². The van der Waals surface area contributed by atoms with Crippen molar-refractivity contribution in [2.45, 2.75) is 70.9 Å². The number of hydrogen-bond donors (Lipinski definition) is 0. The number of hydrogen-bond acceptors (Lipinski definition) is 3. The fraction of sp³-hybridized carbons (Fsp3) is 0.542. The summed E-state index contributed by atoms with van der Waals surface area (Å²) < 4.78 is 4.34. The SMILES string of the molecule is Cc1cc(/C=C(/C#N)C(=O)N2CCCC(n3cccn3)C2)c(C)n1C1CCCCC1. The maximum absolute atomic E-state index is 13.2. The first-order chi connectivity index (χ1) is 14.6. The van der Waals surface area contributed by atoms with Gasteiger partial charge in [-0.05, 0) is 63.3 Å². The van der Waals surface area contributed by atoms with Crippen LogP contribution in [0.15, 0.2) is 30.1 Å². The summed E-state index contributed by atoms with van der Waals surface area (Å²) in [5.74, 6) is -0.170. The molecule has 1 aliphatic heterocycles. The summed E-state index contributed by atoms with van der Waals surface area (Å²) in [4.78, 5) is 15.0. The number of carbonyl (C=O) groups is 1. The van der Waals surface area contributed by atoms with Gasteiger partial charge in [0.15, 0.2) is 0 Å². The second-order valence-electron chi connectivity index (χ2n) is 8.69. The van der Waals surface area contributed by atoms with Gasteiger partial charge in [-0.3, -0.25) is 9.48 Å². The number of rotatable bonds is 4. The van der Waals surface area contributed by atoms with Crippen LogP contribution in [0.25, 0.3) is 6.08 Å². The Morgan fingerprint density at radius 3 is 2.63 bits per heavy atom. The maximum atomic E-state index is 13.2. The molecule has 1 aliphatic carbocycles. The highest BCUT2D eigenvalue weighted by Crippen LogP contribution is 2.33. The number of nitrogens with zero attached hydrogens (tertiary/aromatic N) is 5. The lowest BCUT2D eigenvalue weighted by atomic mass is 9.95. The number of likely N-dealkylation sites (tertiary alicyclic amines) is 1. The highest BCUT2D eigenvalue weighted by molar-refractivity contribution is 6.01. The van der Waals surface area contributed by atoms with Gasteiger partial charge in [0.25, 0.3) is 5.91 Å². The van der Waals surface area contributed by atoms with Crippen LogP contribution in [-0.4, -0.2) is 38.2 Å². The van der Waals surface area contributed by atoms with Crippen LogP contribution in [0, 0.1) is 25.2 Å². The normalized spacial score (nSPS) is 20.9. The molecule has 1 unspecified atom stereocenters. The average molecular weight is 406 g/mol. The minimum atomic E-state index is -0.170. The van der Waals surface area contributed by atoms with Gasteiger partial charge >= 0.3 is 0 Å². The third-order valence-corrected chi connectivity index (χ3v) is 6.70. The van der Waals surface area contributed by atoms with Crippen LogP contribution < -0.4 is 0 Å². The average Bonchev–Trinajstić information content (AvgIpc) is 3.40. The van der Waals surface area contributed by atoms with E-state index < -0.39 is 0 Å². The number of aromatic nitrogens is 3. The van der Waals surface area contributed by atoms with Crippen LogP contribution in [0.1, 0.15) is 74.0 Å². The highest BCUT2D eigenvalue weighted by Gasteiger charge is 2.27. The molecule has 30 heavy (non-hydrogen) atoms. The molecule has 2 aromatic heterocycles. The molecular weight excluding hydrogens is 374 g/mol. The van der Waals surface area contributed by atoms with Gasteiger partial charge in [0, 0.05) is 42.9 Å². The molecule has 6 heteroatoms. The molecule has 1 saturated carbocycles. The van der Waals surface area contributed by atoms with E-state index in [4.69, 9.17) is 0 Å². The fourth-order valence-corrected chi connectivity index (χ4v) is 5.17. The molecule has 0 aromatic carbocycles. The molecule has 1 saturated heterocycles. The molecule has 1 atom stereocenters. The highest BCUT2D eigenvalue weighted by atomic mass is 16.2. The van der Waals surface area contributed by atoms with E-state index in [2.05, 4.69) is 35.6 Å². The number of aryl methyl sites for hydroxylation is 1. The van der Waals surface area contributed by atoms with E-state index in [9.17, 15) is 10.1 Å². The summed E-state index contributed by atoms with van der Waals surface area (Å²) in [6.45, 7) is 5.53. The summed E-state index contributed by atoms with van der Waals surface area (Å²) in [7, 11) is 0. The van der Waals surface area contributed by atoms with Gasteiger partial charge in [-0.15, -0.1) is 0 Å². The molecule has 2 aromatic rings. The zero-order valence-corrected chi connectivity index (χ0v) is 18.0. The Morgan fingerprint density at radius 2 is 1.93 bits per heavy atom. The molecule has 158 valence electrons. The van der Waals surface area contributed by atoms with Crippen molar-refractivity contribution in [3.05, 3.63) is 47.1 Å². The number of nitriles is 1. The first kappa shape index (κ1) is 20.5. The number of piperidine rings is 1. The van der Waals surface area contributed by atoms with E-state index in [0.29, 0.717) is 19.1 Å². The molecule has 0 bridgehead atoms. The quantitative estimate of drug-likeness (QED) is 0.552. The van der Waals surface area contributed by atoms with Crippen LogP contribution in [0.2, 0.25) is 0 Å². The molecule has 2 fully saturated rings. The lowest BCUT2D eigenvalue weighted by molar-refractivity contribution is -0.128. The second kappa shape index (κ2) is 8.91. The van der Waals surface area contributed by atoms with Gasteiger partial charge in [0.05, 0.1) is 6.04 Å². The lowest BCUT2D eigenvalue weighted by Crippen LogP contribution is -2.41. The molecule has 2 aliphatic rings. The Labute approximate surface area is 178 Å². The van der Waals surface area contributed by atoms with E-state index in [0.717, 1.165) is 24.1 Å². The summed E-state index contributed by atoms with van der Waals surface area (Å²) >= 11 is 0. The van der Waals surface area contributed by atoms with E-state index >= 15 is 0 Å². The molecule has 1 amide bonds. The van der Waals surface area contributed by atoms with Crippen molar-refractivity contribution in [2.24, 2.45) is 0 Å². The Balaban J connectivity index is 1.55. The topological polar surface area (TPSA) is 66.8 Å². The smallest absolute Gasteiger partial charge is 0.264 e. The van der Waals surface area contributed by atoms with Gasteiger partial charge in [0.1, 0.15) is 11.6 Å². The van der Waals surface area contributed by atoms with Crippen LogP contribution >= 0.6 is 0 Å². The van der Waals surface area contributed by atoms with Crippen LogP contribution in [0.5, 0.6) is 0 Å². The number of carbonyl (C=O) groups excluding carboxylic acids is 1. The summed E-state index contributed by atoms with van der Waals surface area (Å²) in [5, 5.41) is 14.1. The van der Waals surface area contributed by atoms with E-state index in [1.807, 2.05) is 21.8 Å². The predicted molar refractivity (Wildman–Crippen MR) is 117 cm³/mol. The monoisotopic (exact) mass is 405 g/mol. The van der Waals surface area contributed by atoms with E-state index in [1.165, 1.54) is 37.8 Å². The minimum Gasteiger partial charge on any atom is -0.346 e. The van der Waals surface area contributed by atoms with Crippen molar-refractivity contribution in [1.82, 2.24) is 19.2 Å². The molecule has 0 spiro atoms. The molecule has 4 rings (SSSR count). The van der Waals surface area contributed by atoms with Crippen LogP contribution in [-0.2, 0) is 4.79 Å². The molecular formula is C24H31N5O.